The summed E-state index contributed by atoms with van der Waals surface area (Å²) in [6, 6.07) is 14.0. The average molecular weight is 374 g/mol. The third-order valence-electron chi connectivity index (χ3n) is 3.50. The molecule has 0 aliphatic carbocycles. The van der Waals surface area contributed by atoms with Crippen LogP contribution in [0.3, 0.4) is 0 Å². The molecule has 7 nitrogen and oxygen atoms in total. The number of carbonyl (C=O) groups excluding carboxylic acids is 2. The summed E-state index contributed by atoms with van der Waals surface area (Å²) in [6.45, 7) is -0.141. The summed E-state index contributed by atoms with van der Waals surface area (Å²) in [5.41, 5.74) is 3.11. The monoisotopic (exact) mass is 373 g/mol. The maximum atomic E-state index is 12.1. The second kappa shape index (κ2) is 8.35. The molecule has 2 amide bonds. The number of nitrogens with zero attached hydrogens (tertiary/aromatic N) is 1. The van der Waals surface area contributed by atoms with Gasteiger partial charge < -0.3 is 14.8 Å². The number of hydrogen-bond acceptors (Lipinski definition) is 5. The highest BCUT2D eigenvalue weighted by atomic mass is 35.5. The molecule has 2 N–H and O–H groups in total. The molecular formula is C18H16ClN3O4. The van der Waals surface area contributed by atoms with Crippen molar-refractivity contribution in [2.75, 3.05) is 13.2 Å². The Bertz CT molecular complexity index is 823. The van der Waals surface area contributed by atoms with Crippen LogP contribution in [-0.2, 0) is 9.59 Å². The zero-order valence-electron chi connectivity index (χ0n) is 13.6. The molecule has 0 unspecified atom stereocenters. The molecule has 1 aliphatic rings. The van der Waals surface area contributed by atoms with Crippen LogP contribution < -0.4 is 20.2 Å². The van der Waals surface area contributed by atoms with Crippen molar-refractivity contribution in [3.05, 3.63) is 59.1 Å². The number of carbonyl (C=O) groups is 2. The van der Waals surface area contributed by atoms with Crippen LogP contribution in [-0.4, -0.2) is 37.3 Å². The number of halogens is 1. The molecule has 8 heteroatoms. The van der Waals surface area contributed by atoms with E-state index in [0.29, 0.717) is 16.5 Å². The zero-order chi connectivity index (χ0) is 18.4. The van der Waals surface area contributed by atoms with Gasteiger partial charge in [0.25, 0.3) is 11.8 Å². The first-order chi connectivity index (χ1) is 12.6. The number of para-hydroxylation sites is 2. The van der Waals surface area contributed by atoms with Gasteiger partial charge in [-0.05, 0) is 29.8 Å². The fourth-order valence-corrected chi connectivity index (χ4v) is 2.32. The Balaban J connectivity index is 1.43. The van der Waals surface area contributed by atoms with Gasteiger partial charge >= 0.3 is 0 Å². The van der Waals surface area contributed by atoms with Gasteiger partial charge in [-0.15, -0.1) is 0 Å². The van der Waals surface area contributed by atoms with Gasteiger partial charge in [-0.25, -0.2) is 5.43 Å². The van der Waals surface area contributed by atoms with E-state index >= 15 is 0 Å². The average Bonchev–Trinajstić information content (AvgIpc) is 2.67. The van der Waals surface area contributed by atoms with E-state index in [0.717, 1.165) is 5.56 Å². The quantitative estimate of drug-likeness (QED) is 0.617. The molecule has 0 saturated heterocycles. The summed E-state index contributed by atoms with van der Waals surface area (Å²) < 4.78 is 11.0. The van der Waals surface area contributed by atoms with Gasteiger partial charge in [-0.3, -0.25) is 9.59 Å². The summed E-state index contributed by atoms with van der Waals surface area (Å²) in [5, 5.41) is 6.92. The Labute approximate surface area is 154 Å². The van der Waals surface area contributed by atoms with Gasteiger partial charge in [0.2, 0.25) is 6.10 Å². The lowest BCUT2D eigenvalue weighted by molar-refractivity contribution is -0.132. The first kappa shape index (κ1) is 17.8. The Morgan fingerprint density at radius 1 is 1.15 bits per heavy atom. The Morgan fingerprint density at radius 3 is 2.65 bits per heavy atom. The van der Waals surface area contributed by atoms with Crippen LogP contribution in [0.4, 0.5) is 0 Å². The van der Waals surface area contributed by atoms with Gasteiger partial charge in [-0.2, -0.15) is 5.10 Å². The van der Waals surface area contributed by atoms with Crippen molar-refractivity contribution in [2.45, 2.75) is 6.10 Å². The number of amides is 2. The largest absolute Gasteiger partial charge is 0.485 e. The predicted molar refractivity (Wildman–Crippen MR) is 96.6 cm³/mol. The van der Waals surface area contributed by atoms with Gasteiger partial charge in [0, 0.05) is 5.02 Å². The Kier molecular flexibility index (Phi) is 5.70. The molecule has 2 aromatic carbocycles. The standard InChI is InChI=1S/C18H16ClN3O4/c19-13-7-5-12(6-8-13)9-21-22-17(23)10-20-18(24)16-11-25-14-3-1-2-4-15(14)26-16/h1-9,16H,10-11H2,(H,20,24)(H,22,23)/t16-/m0/s1. The highest BCUT2D eigenvalue weighted by molar-refractivity contribution is 6.30. The molecule has 2 aromatic rings. The molecule has 1 heterocycles. The molecule has 0 saturated carbocycles. The lowest BCUT2D eigenvalue weighted by Crippen LogP contribution is -2.46. The van der Waals surface area contributed by atoms with Crippen molar-refractivity contribution in [1.82, 2.24) is 10.7 Å². The molecule has 1 atom stereocenters. The molecule has 1 aliphatic heterocycles. The number of hydrogen-bond donors (Lipinski definition) is 2. The van der Waals surface area contributed by atoms with Crippen LogP contribution in [0, 0.1) is 0 Å². The minimum atomic E-state index is -0.810. The lowest BCUT2D eigenvalue weighted by atomic mass is 10.2. The fraction of sp³-hybridized carbons (Fsp3) is 0.167. The number of fused-ring (bicyclic) bond motifs is 1. The molecule has 0 spiro atoms. The topological polar surface area (TPSA) is 89.0 Å². The highest BCUT2D eigenvalue weighted by Crippen LogP contribution is 2.30. The van der Waals surface area contributed by atoms with Gasteiger partial charge in [0.05, 0.1) is 12.8 Å². The summed E-state index contributed by atoms with van der Waals surface area (Å²) in [6.07, 6.45) is 0.667. The zero-order valence-corrected chi connectivity index (χ0v) is 14.4. The molecule has 0 radical (unpaired) electrons. The van der Waals surface area contributed by atoms with E-state index in [1.54, 1.807) is 42.5 Å². The predicted octanol–water partition coefficient (Wildman–Crippen LogP) is 1.75. The SMILES string of the molecule is O=C(CNC(=O)[C@@H]1COc2ccccc2O1)NN=Cc1ccc(Cl)cc1. The van der Waals surface area contributed by atoms with E-state index in [1.807, 2.05) is 6.07 Å². The molecule has 134 valence electrons. The van der Waals surface area contributed by atoms with Crippen LogP contribution in [0.25, 0.3) is 0 Å². The fourth-order valence-electron chi connectivity index (χ4n) is 2.20. The van der Waals surface area contributed by atoms with E-state index in [4.69, 9.17) is 21.1 Å². The normalized spacial score (nSPS) is 15.5. The van der Waals surface area contributed by atoms with Crippen molar-refractivity contribution < 1.29 is 19.1 Å². The molecule has 0 fully saturated rings. The Morgan fingerprint density at radius 2 is 1.88 bits per heavy atom. The minimum absolute atomic E-state index is 0.0825. The molecule has 0 bridgehead atoms. The lowest BCUT2D eigenvalue weighted by Gasteiger charge is -2.25. The van der Waals surface area contributed by atoms with Crippen molar-refractivity contribution in [3.63, 3.8) is 0 Å². The molecule has 3 rings (SSSR count). The highest BCUT2D eigenvalue weighted by Gasteiger charge is 2.27. The maximum Gasteiger partial charge on any atom is 0.265 e. The maximum absolute atomic E-state index is 12.1. The smallest absolute Gasteiger partial charge is 0.265 e. The number of nitrogens with one attached hydrogen (secondary N) is 2. The molecular weight excluding hydrogens is 358 g/mol. The molecule has 0 aromatic heterocycles. The third-order valence-corrected chi connectivity index (χ3v) is 3.75. The van der Waals surface area contributed by atoms with Gasteiger partial charge in [-0.1, -0.05) is 35.9 Å². The van der Waals surface area contributed by atoms with Crippen LogP contribution in [0.5, 0.6) is 11.5 Å². The van der Waals surface area contributed by atoms with E-state index in [2.05, 4.69) is 15.8 Å². The van der Waals surface area contributed by atoms with E-state index in [-0.39, 0.29) is 13.2 Å². The van der Waals surface area contributed by atoms with Crippen molar-refractivity contribution in [1.29, 1.82) is 0 Å². The number of benzene rings is 2. The van der Waals surface area contributed by atoms with E-state index in [9.17, 15) is 9.59 Å². The van der Waals surface area contributed by atoms with Gasteiger partial charge in [0.1, 0.15) is 6.61 Å². The van der Waals surface area contributed by atoms with Crippen LogP contribution in [0.15, 0.2) is 53.6 Å². The van der Waals surface area contributed by atoms with Crippen LogP contribution in [0.1, 0.15) is 5.56 Å². The first-order valence-electron chi connectivity index (χ1n) is 7.85. The summed E-state index contributed by atoms with van der Waals surface area (Å²) in [4.78, 5) is 23.8. The van der Waals surface area contributed by atoms with Crippen molar-refractivity contribution in [2.24, 2.45) is 5.10 Å². The number of ether oxygens (including phenoxy) is 2. The third kappa shape index (κ3) is 4.73. The molecule has 26 heavy (non-hydrogen) atoms. The first-order valence-corrected chi connectivity index (χ1v) is 8.23. The summed E-state index contributed by atoms with van der Waals surface area (Å²) in [5.74, 6) is 0.193. The number of rotatable bonds is 5. The number of hydrazone groups is 1. The van der Waals surface area contributed by atoms with Crippen molar-refractivity contribution in [3.8, 4) is 11.5 Å². The second-order valence-electron chi connectivity index (χ2n) is 5.43. The van der Waals surface area contributed by atoms with E-state index in [1.165, 1.54) is 6.21 Å². The van der Waals surface area contributed by atoms with Crippen LogP contribution >= 0.6 is 11.6 Å². The van der Waals surface area contributed by atoms with Crippen LogP contribution in [0.2, 0.25) is 5.02 Å². The van der Waals surface area contributed by atoms with Gasteiger partial charge in [0.15, 0.2) is 11.5 Å². The van der Waals surface area contributed by atoms with Crippen molar-refractivity contribution >= 4 is 29.6 Å². The summed E-state index contributed by atoms with van der Waals surface area (Å²) in [7, 11) is 0. The Hall–Kier alpha value is -3.06. The summed E-state index contributed by atoms with van der Waals surface area (Å²) >= 11 is 5.79. The van der Waals surface area contributed by atoms with E-state index < -0.39 is 17.9 Å². The second-order valence-corrected chi connectivity index (χ2v) is 5.86. The minimum Gasteiger partial charge on any atom is -0.485 e.